The van der Waals surface area contributed by atoms with Gasteiger partial charge in [-0.25, -0.2) is 4.99 Å². The molecule has 5 nitrogen and oxygen atoms in total. The van der Waals surface area contributed by atoms with E-state index in [1.54, 1.807) is 4.90 Å². The zero-order valence-corrected chi connectivity index (χ0v) is 18.0. The van der Waals surface area contributed by atoms with Crippen LogP contribution in [0.1, 0.15) is 37.3 Å². The molecule has 1 N–H and O–H groups in total. The van der Waals surface area contributed by atoms with Gasteiger partial charge >= 0.3 is 0 Å². The van der Waals surface area contributed by atoms with Gasteiger partial charge < -0.3 is 5.32 Å². The van der Waals surface area contributed by atoms with Crippen LogP contribution in [-0.2, 0) is 9.59 Å². The van der Waals surface area contributed by atoms with Crippen molar-refractivity contribution >= 4 is 40.1 Å². The number of aliphatic imine (C=N–C) groups is 1. The molecule has 1 atom stereocenters. The Balaban J connectivity index is 1.76. The van der Waals surface area contributed by atoms with Crippen molar-refractivity contribution in [2.45, 2.75) is 45.3 Å². The Morgan fingerprint density at radius 2 is 1.79 bits per heavy atom. The summed E-state index contributed by atoms with van der Waals surface area (Å²) in [7, 11) is 0. The minimum atomic E-state index is -0.446. The molecule has 1 saturated heterocycles. The molecular formula is C23H27N3O2S. The fourth-order valence-corrected chi connectivity index (χ4v) is 4.30. The zero-order chi connectivity index (χ0) is 20.8. The zero-order valence-electron chi connectivity index (χ0n) is 17.1. The fourth-order valence-electron chi connectivity index (χ4n) is 3.12. The molecule has 2 aromatic rings. The van der Waals surface area contributed by atoms with Crippen LogP contribution >= 0.6 is 11.8 Å². The summed E-state index contributed by atoms with van der Waals surface area (Å²) in [4.78, 5) is 32.1. The molecule has 0 aromatic heterocycles. The molecule has 1 aliphatic heterocycles. The first kappa shape index (κ1) is 21.1. The van der Waals surface area contributed by atoms with Crippen molar-refractivity contribution in [1.82, 2.24) is 4.90 Å². The Morgan fingerprint density at radius 3 is 2.48 bits per heavy atom. The number of thioether (sulfide) groups is 1. The third kappa shape index (κ3) is 5.26. The van der Waals surface area contributed by atoms with Gasteiger partial charge in [-0.1, -0.05) is 61.5 Å². The number of amidine groups is 1. The molecule has 2 aromatic carbocycles. The maximum atomic E-state index is 13.0. The highest BCUT2D eigenvalue weighted by Gasteiger charge is 2.38. The van der Waals surface area contributed by atoms with Crippen LogP contribution in [0.5, 0.6) is 0 Å². The van der Waals surface area contributed by atoms with E-state index in [4.69, 9.17) is 4.99 Å². The molecule has 29 heavy (non-hydrogen) atoms. The lowest BCUT2D eigenvalue weighted by Crippen LogP contribution is -2.34. The topological polar surface area (TPSA) is 61.8 Å². The van der Waals surface area contributed by atoms with Gasteiger partial charge in [-0.2, -0.15) is 0 Å². The fraction of sp³-hybridized carbons (Fsp3) is 0.348. The molecular weight excluding hydrogens is 382 g/mol. The molecule has 3 rings (SSSR count). The van der Waals surface area contributed by atoms with Crippen molar-refractivity contribution < 1.29 is 9.59 Å². The van der Waals surface area contributed by atoms with E-state index in [1.807, 2.05) is 62.4 Å². The number of amides is 2. The van der Waals surface area contributed by atoms with E-state index in [0.29, 0.717) is 11.7 Å². The standard InChI is InChI=1S/C23H27N3O2S/c1-4-5-14-26-22(28)20(15-21(27)24-18-12-8-6-10-16(18)2)29-23(26)25-19-13-9-7-11-17(19)3/h6-13,20H,4-5,14-15H2,1-3H3,(H,24,27)/t20-/m0/s1. The van der Waals surface area contributed by atoms with Crippen LogP contribution in [0.3, 0.4) is 0 Å². The van der Waals surface area contributed by atoms with Crippen molar-refractivity contribution in [3.8, 4) is 0 Å². The van der Waals surface area contributed by atoms with Crippen LogP contribution in [0.4, 0.5) is 11.4 Å². The van der Waals surface area contributed by atoms with E-state index < -0.39 is 5.25 Å². The van der Waals surface area contributed by atoms with E-state index in [2.05, 4.69) is 12.2 Å². The summed E-state index contributed by atoms with van der Waals surface area (Å²) in [5.41, 5.74) is 3.70. The number of carbonyl (C=O) groups excluding carboxylic acids is 2. The van der Waals surface area contributed by atoms with Crippen molar-refractivity contribution in [3.05, 3.63) is 59.7 Å². The van der Waals surface area contributed by atoms with Crippen LogP contribution in [0.15, 0.2) is 53.5 Å². The van der Waals surface area contributed by atoms with Gasteiger partial charge in [0.2, 0.25) is 11.8 Å². The van der Waals surface area contributed by atoms with Gasteiger partial charge in [0, 0.05) is 18.7 Å². The van der Waals surface area contributed by atoms with E-state index in [9.17, 15) is 9.59 Å². The molecule has 152 valence electrons. The summed E-state index contributed by atoms with van der Waals surface area (Å²) in [6.07, 6.45) is 2.03. The van der Waals surface area contributed by atoms with Crippen LogP contribution < -0.4 is 5.32 Å². The maximum absolute atomic E-state index is 13.0. The predicted molar refractivity (Wildman–Crippen MR) is 121 cm³/mol. The number of benzene rings is 2. The summed E-state index contributed by atoms with van der Waals surface area (Å²) in [6.45, 7) is 6.68. The third-order valence-electron chi connectivity index (χ3n) is 4.88. The maximum Gasteiger partial charge on any atom is 0.242 e. The molecule has 0 saturated carbocycles. The van der Waals surface area contributed by atoms with Crippen LogP contribution in [0.2, 0.25) is 0 Å². The van der Waals surface area contributed by atoms with Gasteiger partial charge in [-0.3, -0.25) is 14.5 Å². The van der Waals surface area contributed by atoms with E-state index in [0.717, 1.165) is 35.3 Å². The molecule has 6 heteroatoms. The molecule has 1 heterocycles. The minimum absolute atomic E-state index is 0.0317. The first-order valence-corrected chi connectivity index (χ1v) is 10.9. The quantitative estimate of drug-likeness (QED) is 0.695. The number of para-hydroxylation sites is 2. The van der Waals surface area contributed by atoms with E-state index in [-0.39, 0.29) is 18.2 Å². The number of carbonyl (C=O) groups is 2. The lowest BCUT2D eigenvalue weighted by atomic mass is 10.2. The Labute approximate surface area is 176 Å². The number of aryl methyl sites for hydroxylation is 2. The first-order valence-electron chi connectivity index (χ1n) is 9.97. The highest BCUT2D eigenvalue weighted by molar-refractivity contribution is 8.15. The monoisotopic (exact) mass is 409 g/mol. The molecule has 0 radical (unpaired) electrons. The second-order valence-corrected chi connectivity index (χ2v) is 8.37. The highest BCUT2D eigenvalue weighted by Crippen LogP contribution is 2.33. The third-order valence-corrected chi connectivity index (χ3v) is 6.05. The lowest BCUT2D eigenvalue weighted by molar-refractivity contribution is -0.128. The molecule has 0 bridgehead atoms. The van der Waals surface area contributed by atoms with Gasteiger partial charge in [-0.05, 0) is 43.5 Å². The normalized spacial score (nSPS) is 17.8. The summed E-state index contributed by atoms with van der Waals surface area (Å²) in [6, 6.07) is 15.5. The van der Waals surface area contributed by atoms with Gasteiger partial charge in [-0.15, -0.1) is 0 Å². The average molecular weight is 410 g/mol. The Kier molecular flexibility index (Phi) is 7.09. The largest absolute Gasteiger partial charge is 0.326 e. The smallest absolute Gasteiger partial charge is 0.242 e. The van der Waals surface area contributed by atoms with E-state index in [1.165, 1.54) is 11.8 Å². The Morgan fingerprint density at radius 1 is 1.10 bits per heavy atom. The average Bonchev–Trinajstić information content (AvgIpc) is 2.98. The highest BCUT2D eigenvalue weighted by atomic mass is 32.2. The van der Waals surface area contributed by atoms with Gasteiger partial charge in [0.1, 0.15) is 5.25 Å². The van der Waals surface area contributed by atoms with Crippen LogP contribution in [0, 0.1) is 13.8 Å². The first-order chi connectivity index (χ1) is 14.0. The number of unbranched alkanes of at least 4 members (excludes halogenated alkanes) is 1. The minimum Gasteiger partial charge on any atom is -0.326 e. The number of anilines is 1. The molecule has 2 amide bonds. The summed E-state index contributed by atoms with van der Waals surface area (Å²) >= 11 is 1.39. The molecule has 0 spiro atoms. The number of hydrogen-bond acceptors (Lipinski definition) is 4. The van der Waals surface area contributed by atoms with Crippen molar-refractivity contribution in [3.63, 3.8) is 0 Å². The SMILES string of the molecule is CCCCN1C(=O)[C@H](CC(=O)Nc2ccccc2C)SC1=Nc1ccccc1C. The van der Waals surface area contributed by atoms with E-state index >= 15 is 0 Å². The van der Waals surface area contributed by atoms with Gasteiger partial charge in [0.25, 0.3) is 0 Å². The van der Waals surface area contributed by atoms with Crippen molar-refractivity contribution in [2.24, 2.45) is 4.99 Å². The number of nitrogens with one attached hydrogen (secondary N) is 1. The van der Waals surface area contributed by atoms with Crippen LogP contribution in [-0.4, -0.2) is 33.7 Å². The second-order valence-electron chi connectivity index (χ2n) is 7.20. The summed E-state index contributed by atoms with van der Waals surface area (Å²) < 4.78 is 0. The molecule has 1 aliphatic rings. The molecule has 1 fully saturated rings. The molecule has 0 aliphatic carbocycles. The van der Waals surface area contributed by atoms with Crippen molar-refractivity contribution in [2.75, 3.05) is 11.9 Å². The molecule has 0 unspecified atom stereocenters. The summed E-state index contributed by atoms with van der Waals surface area (Å²) in [5, 5.41) is 3.17. The second kappa shape index (κ2) is 9.74. The Hall–Kier alpha value is -2.60. The van der Waals surface area contributed by atoms with Crippen molar-refractivity contribution in [1.29, 1.82) is 0 Å². The van der Waals surface area contributed by atoms with Crippen LogP contribution in [0.25, 0.3) is 0 Å². The number of nitrogens with zero attached hydrogens (tertiary/aromatic N) is 2. The predicted octanol–water partition coefficient (Wildman–Crippen LogP) is 5.06. The Bertz CT molecular complexity index is 926. The number of hydrogen-bond donors (Lipinski definition) is 1. The van der Waals surface area contributed by atoms with Gasteiger partial charge in [0.15, 0.2) is 5.17 Å². The van der Waals surface area contributed by atoms with Gasteiger partial charge in [0.05, 0.1) is 5.69 Å². The number of rotatable bonds is 7. The summed E-state index contributed by atoms with van der Waals surface area (Å²) in [5.74, 6) is -0.187. The lowest BCUT2D eigenvalue weighted by Gasteiger charge is -2.16.